The zero-order valence-corrected chi connectivity index (χ0v) is 7.08. The fourth-order valence-corrected chi connectivity index (χ4v) is 1.60. The average molecular weight is 159 g/mol. The fourth-order valence-electron chi connectivity index (χ4n) is 1.60. The summed E-state index contributed by atoms with van der Waals surface area (Å²) in [4.78, 5) is 12.9. The number of hydrogen-bond acceptors (Lipinski definition) is 1. The Hall–Kier alpha value is -1.25. The van der Waals surface area contributed by atoms with Gasteiger partial charge in [-0.2, -0.15) is 0 Å². The molecular formula is C9H10BNO. The Morgan fingerprint density at radius 2 is 2.33 bits per heavy atom. The summed E-state index contributed by atoms with van der Waals surface area (Å²) in [6.07, 6.45) is 8.41. The van der Waals surface area contributed by atoms with E-state index in [4.69, 9.17) is 0 Å². The molecule has 60 valence electrons. The van der Waals surface area contributed by atoms with Gasteiger partial charge >= 0.3 is 0 Å². The molecule has 0 spiro atoms. The van der Waals surface area contributed by atoms with Crippen molar-refractivity contribution in [2.75, 3.05) is 0 Å². The van der Waals surface area contributed by atoms with Gasteiger partial charge in [-0.1, -0.05) is 18.4 Å². The van der Waals surface area contributed by atoms with Crippen LogP contribution in [0.5, 0.6) is 0 Å². The first-order chi connectivity index (χ1) is 5.83. The number of allylic oxidation sites excluding steroid dienone is 3. The third-order valence-corrected chi connectivity index (χ3v) is 2.29. The van der Waals surface area contributed by atoms with E-state index in [1.54, 1.807) is 11.0 Å². The number of carbonyl (C=O) groups excluding carboxylic acids is 1. The number of hydrogen-bond donors (Lipinski definition) is 0. The maximum absolute atomic E-state index is 11.2. The molecule has 2 heterocycles. The molecule has 0 unspecified atom stereocenters. The minimum absolute atomic E-state index is 0.0758. The molecular weight excluding hydrogens is 149 g/mol. The smallest absolute Gasteiger partial charge is 0.255 e. The molecule has 0 aromatic carbocycles. The number of carbonyl (C=O) groups is 1. The molecule has 0 aromatic rings. The van der Waals surface area contributed by atoms with Crippen molar-refractivity contribution in [3.8, 4) is 0 Å². The van der Waals surface area contributed by atoms with Crippen LogP contribution in [0.25, 0.3) is 0 Å². The van der Waals surface area contributed by atoms with Gasteiger partial charge in [0.15, 0.2) is 7.28 Å². The summed E-state index contributed by atoms with van der Waals surface area (Å²) in [5.74, 6) is 0.0758. The molecule has 0 fully saturated rings. The van der Waals surface area contributed by atoms with Gasteiger partial charge in [-0.25, -0.2) is 0 Å². The van der Waals surface area contributed by atoms with Crippen LogP contribution in [-0.4, -0.2) is 18.1 Å². The molecule has 1 amide bonds. The van der Waals surface area contributed by atoms with Gasteiger partial charge in [0, 0.05) is 18.0 Å². The first-order valence-corrected chi connectivity index (χ1v) is 4.23. The molecule has 0 saturated heterocycles. The molecule has 0 aliphatic carbocycles. The van der Waals surface area contributed by atoms with Crippen LogP contribution < -0.4 is 0 Å². The van der Waals surface area contributed by atoms with Crippen molar-refractivity contribution in [1.29, 1.82) is 0 Å². The van der Waals surface area contributed by atoms with E-state index in [1.165, 1.54) is 5.47 Å². The predicted octanol–water partition coefficient (Wildman–Crippen LogP) is 0.998. The lowest BCUT2D eigenvalue weighted by Gasteiger charge is -2.20. The summed E-state index contributed by atoms with van der Waals surface area (Å²) < 4.78 is 0. The van der Waals surface area contributed by atoms with Crippen LogP contribution in [-0.2, 0) is 4.79 Å². The second-order valence-corrected chi connectivity index (χ2v) is 2.97. The maximum atomic E-state index is 11.2. The maximum Gasteiger partial charge on any atom is 0.255 e. The van der Waals surface area contributed by atoms with E-state index in [1.807, 2.05) is 18.4 Å². The molecule has 2 aliphatic heterocycles. The average Bonchev–Trinajstić information content (AvgIpc) is 2.48. The summed E-state index contributed by atoms with van der Waals surface area (Å²) in [5.41, 5.74) is 2.43. The van der Waals surface area contributed by atoms with Crippen molar-refractivity contribution in [2.24, 2.45) is 0 Å². The van der Waals surface area contributed by atoms with E-state index in [-0.39, 0.29) is 5.91 Å². The lowest BCUT2D eigenvalue weighted by Crippen LogP contribution is -2.21. The SMILES string of the molecule is CBC1=C2C=CC(=O)N2C=CC1. The Labute approximate surface area is 72.5 Å². The van der Waals surface area contributed by atoms with Crippen molar-refractivity contribution in [2.45, 2.75) is 13.2 Å². The first-order valence-electron chi connectivity index (χ1n) is 4.23. The van der Waals surface area contributed by atoms with Gasteiger partial charge in [-0.05, 0) is 12.5 Å². The molecule has 0 atom stereocenters. The lowest BCUT2D eigenvalue weighted by atomic mass is 9.69. The Morgan fingerprint density at radius 3 is 3.08 bits per heavy atom. The molecule has 12 heavy (non-hydrogen) atoms. The van der Waals surface area contributed by atoms with Gasteiger partial charge < -0.3 is 0 Å². The summed E-state index contributed by atoms with van der Waals surface area (Å²) in [7, 11) is 1.02. The zero-order chi connectivity index (χ0) is 8.55. The van der Waals surface area contributed by atoms with Gasteiger partial charge in [-0.15, -0.1) is 0 Å². The Morgan fingerprint density at radius 1 is 1.50 bits per heavy atom. The topological polar surface area (TPSA) is 20.3 Å². The zero-order valence-electron chi connectivity index (χ0n) is 7.08. The van der Waals surface area contributed by atoms with E-state index in [0.29, 0.717) is 0 Å². The highest BCUT2D eigenvalue weighted by Gasteiger charge is 2.22. The van der Waals surface area contributed by atoms with Crippen molar-refractivity contribution >= 4 is 13.2 Å². The molecule has 0 radical (unpaired) electrons. The van der Waals surface area contributed by atoms with Crippen molar-refractivity contribution in [3.63, 3.8) is 0 Å². The Bertz CT molecular complexity index is 314. The van der Waals surface area contributed by atoms with Crippen LogP contribution in [0.2, 0.25) is 6.82 Å². The van der Waals surface area contributed by atoms with Crippen LogP contribution >= 0.6 is 0 Å². The molecule has 0 saturated carbocycles. The minimum atomic E-state index is 0.0758. The Kier molecular flexibility index (Phi) is 1.64. The Balaban J connectivity index is 2.41. The predicted molar refractivity (Wildman–Crippen MR) is 49.8 cm³/mol. The van der Waals surface area contributed by atoms with Crippen LogP contribution in [0.15, 0.2) is 35.6 Å². The molecule has 0 bridgehead atoms. The highest BCUT2D eigenvalue weighted by molar-refractivity contribution is 6.44. The molecule has 2 nitrogen and oxygen atoms in total. The van der Waals surface area contributed by atoms with Gasteiger partial charge in [0.1, 0.15) is 0 Å². The van der Waals surface area contributed by atoms with Gasteiger partial charge in [0.05, 0.1) is 0 Å². The van der Waals surface area contributed by atoms with Crippen LogP contribution in [0.4, 0.5) is 0 Å². The van der Waals surface area contributed by atoms with Crippen LogP contribution in [0.3, 0.4) is 0 Å². The summed E-state index contributed by atoms with van der Waals surface area (Å²) in [6, 6.07) is 0. The molecule has 3 heteroatoms. The van der Waals surface area contributed by atoms with E-state index >= 15 is 0 Å². The monoisotopic (exact) mass is 159 g/mol. The first kappa shape index (κ1) is 7.41. The number of rotatable bonds is 1. The van der Waals surface area contributed by atoms with Crippen molar-refractivity contribution in [1.82, 2.24) is 4.90 Å². The van der Waals surface area contributed by atoms with Gasteiger partial charge in [0.25, 0.3) is 5.91 Å². The van der Waals surface area contributed by atoms with E-state index in [2.05, 4.69) is 6.82 Å². The summed E-state index contributed by atoms with van der Waals surface area (Å²) in [5, 5.41) is 0. The van der Waals surface area contributed by atoms with Crippen LogP contribution in [0.1, 0.15) is 6.42 Å². The largest absolute Gasteiger partial charge is 0.286 e. The third-order valence-electron chi connectivity index (χ3n) is 2.29. The summed E-state index contributed by atoms with van der Waals surface area (Å²) in [6.45, 7) is 2.12. The van der Waals surface area contributed by atoms with E-state index in [0.717, 1.165) is 19.4 Å². The number of fused-ring (bicyclic) bond motifs is 1. The highest BCUT2D eigenvalue weighted by Crippen LogP contribution is 2.25. The second-order valence-electron chi connectivity index (χ2n) is 2.97. The molecule has 0 N–H and O–H groups in total. The molecule has 0 aromatic heterocycles. The summed E-state index contributed by atoms with van der Waals surface area (Å²) >= 11 is 0. The van der Waals surface area contributed by atoms with Crippen LogP contribution in [0, 0.1) is 0 Å². The minimum Gasteiger partial charge on any atom is -0.286 e. The lowest BCUT2D eigenvalue weighted by molar-refractivity contribution is -0.121. The molecule has 2 rings (SSSR count). The van der Waals surface area contributed by atoms with Gasteiger partial charge in [0.2, 0.25) is 0 Å². The second kappa shape index (κ2) is 2.66. The van der Waals surface area contributed by atoms with E-state index in [9.17, 15) is 4.79 Å². The fraction of sp³-hybridized carbons (Fsp3) is 0.222. The van der Waals surface area contributed by atoms with Crippen molar-refractivity contribution in [3.05, 3.63) is 35.6 Å². The number of amides is 1. The standard InChI is InChI=1S/C9H10BNO/c1-10-7-3-2-6-11-8(7)4-5-9(11)12/h2,4-6,10H,3H2,1H3. The van der Waals surface area contributed by atoms with Gasteiger partial charge in [-0.3, -0.25) is 9.69 Å². The molecule has 2 aliphatic rings. The van der Waals surface area contributed by atoms with E-state index < -0.39 is 0 Å². The normalized spacial score (nSPS) is 20.4. The van der Waals surface area contributed by atoms with Crippen molar-refractivity contribution < 1.29 is 4.79 Å². The highest BCUT2D eigenvalue weighted by atomic mass is 16.2. The third kappa shape index (κ3) is 0.933. The quantitative estimate of drug-likeness (QED) is 0.522. The number of nitrogens with zero attached hydrogens (tertiary/aromatic N) is 1.